The van der Waals surface area contributed by atoms with Gasteiger partial charge in [0.1, 0.15) is 0 Å². The van der Waals surface area contributed by atoms with Gasteiger partial charge in [-0.2, -0.15) is 0 Å². The number of aromatic nitrogens is 6. The largest absolute Gasteiger partial charge is 0.309 e. The highest BCUT2D eigenvalue weighted by atomic mass is 15.0. The average Bonchev–Trinajstić information content (AvgIpc) is 1.55. The summed E-state index contributed by atoms with van der Waals surface area (Å²) in [7, 11) is 0. The summed E-state index contributed by atoms with van der Waals surface area (Å²) in [6.07, 6.45) is 0. The molecule has 22 aromatic carbocycles. The molecule has 128 heavy (non-hydrogen) atoms. The van der Waals surface area contributed by atoms with Crippen molar-refractivity contribution < 1.29 is 0 Å². The van der Waals surface area contributed by atoms with Crippen LogP contribution in [0, 0.1) is 0 Å². The topological polar surface area (TPSA) is 61.4 Å². The summed E-state index contributed by atoms with van der Waals surface area (Å²) < 4.78 is 4.96. The molecule has 0 radical (unpaired) electrons. The third kappa shape index (κ3) is 12.4. The van der Waals surface area contributed by atoms with Crippen molar-refractivity contribution in [3.63, 3.8) is 0 Å². The summed E-state index contributed by atoms with van der Waals surface area (Å²) in [5.74, 6) is 0. The number of fused-ring (bicyclic) bond motifs is 19. The highest BCUT2D eigenvalue weighted by molar-refractivity contribution is 6.32. The maximum Gasteiger partial charge on any atom is 0.0979 e. The van der Waals surface area contributed by atoms with Gasteiger partial charge in [-0.3, -0.25) is 0 Å². The summed E-state index contributed by atoms with van der Waals surface area (Å²) in [4.78, 5) is 21.5. The second-order valence-electron chi connectivity index (χ2n) is 33.4. The maximum atomic E-state index is 5.40. The van der Waals surface area contributed by atoms with Crippen LogP contribution in [0.2, 0.25) is 0 Å². The molecule has 0 amide bonds. The number of nitrogens with zero attached hydrogens (tertiary/aromatic N) is 6. The van der Waals surface area contributed by atoms with Gasteiger partial charge in [-0.25, -0.2) is 19.9 Å². The zero-order valence-electron chi connectivity index (χ0n) is 69.6. The maximum absolute atomic E-state index is 5.40. The molecule has 26 aromatic rings. The van der Waals surface area contributed by atoms with Crippen LogP contribution in [0.3, 0.4) is 0 Å². The van der Waals surface area contributed by atoms with Gasteiger partial charge in [0.15, 0.2) is 0 Å². The van der Waals surface area contributed by atoms with E-state index in [1.54, 1.807) is 0 Å². The van der Waals surface area contributed by atoms with Crippen molar-refractivity contribution in [1.82, 2.24) is 29.1 Å². The Hall–Kier alpha value is -17.1. The van der Waals surface area contributed by atoms with Gasteiger partial charge < -0.3 is 9.13 Å². The molecular weight excluding hydrogens is 1550 g/mol. The Morgan fingerprint density at radius 2 is 0.445 bits per heavy atom. The number of hydrogen-bond donors (Lipinski definition) is 0. The molecule has 594 valence electrons. The van der Waals surface area contributed by atoms with Crippen LogP contribution in [0.5, 0.6) is 0 Å². The van der Waals surface area contributed by atoms with Crippen molar-refractivity contribution in [2.45, 2.75) is 0 Å². The van der Waals surface area contributed by atoms with E-state index in [1.165, 1.54) is 136 Å². The Morgan fingerprint density at radius 3 is 0.922 bits per heavy atom. The molecule has 0 unspecified atom stereocenters. The fourth-order valence-corrected chi connectivity index (χ4v) is 20.2. The molecule has 0 bridgehead atoms. The molecule has 0 spiro atoms. The first-order valence-electron chi connectivity index (χ1n) is 43.8. The van der Waals surface area contributed by atoms with Crippen LogP contribution in [0.4, 0.5) is 0 Å². The molecule has 4 aromatic heterocycles. The van der Waals surface area contributed by atoms with Gasteiger partial charge in [0.05, 0.1) is 66.9 Å². The van der Waals surface area contributed by atoms with E-state index in [-0.39, 0.29) is 0 Å². The number of rotatable bonds is 11. The Labute approximate surface area is 738 Å². The lowest BCUT2D eigenvalue weighted by molar-refractivity contribution is 1.19. The van der Waals surface area contributed by atoms with E-state index in [9.17, 15) is 0 Å². The normalized spacial score (nSPS) is 11.8. The second-order valence-corrected chi connectivity index (χ2v) is 33.4. The van der Waals surface area contributed by atoms with E-state index in [2.05, 4.69) is 446 Å². The molecule has 0 saturated carbocycles. The Morgan fingerprint density at radius 1 is 0.141 bits per heavy atom. The van der Waals surface area contributed by atoms with Crippen LogP contribution < -0.4 is 0 Å². The van der Waals surface area contributed by atoms with Gasteiger partial charge in [0.2, 0.25) is 0 Å². The molecule has 0 saturated heterocycles. The molecule has 4 heterocycles. The van der Waals surface area contributed by atoms with Crippen LogP contribution >= 0.6 is 0 Å². The standard InChI is InChI=1S/C62H39N3.C60H37N3/c1-3-15-40(16-4-1)41-29-31-42(32-30-41)45-20-13-22-47(37-45)61-62(64-56-28-12-11-27-55(56)63-61)53-26-14-21-46-38-48(34-35-49(46)53)65-57-36-33-44-19-7-8-23-50(44)59(57)60-52-25-10-9-24-51(52)54(39-58(60)65)43-17-5-2-6-18-43;1-2-15-38(16-3-1)41-20-12-22-43(35-41)59-60(62-54-30-11-10-29-53(54)61-59)51-28-14-21-42-36-44(32-33-46(42)51)63-55-34-31-40-18-5-7-24-47(40)57(55)58-50-26-9-8-25-49(50)52(37-56(58)63)48-27-13-19-39-17-4-6-23-45(39)48/h1-39H;1-37H. The van der Waals surface area contributed by atoms with Crippen LogP contribution in [0.15, 0.2) is 461 Å². The predicted octanol–water partition coefficient (Wildman–Crippen LogP) is 32.5. The van der Waals surface area contributed by atoms with Crippen LogP contribution in [-0.2, 0) is 0 Å². The van der Waals surface area contributed by atoms with Crippen molar-refractivity contribution in [3.05, 3.63) is 461 Å². The van der Waals surface area contributed by atoms with Crippen molar-refractivity contribution in [1.29, 1.82) is 0 Å². The van der Waals surface area contributed by atoms with E-state index in [4.69, 9.17) is 19.9 Å². The monoisotopic (exact) mass is 1620 g/mol. The minimum absolute atomic E-state index is 0.859. The van der Waals surface area contributed by atoms with Crippen molar-refractivity contribution >= 4 is 141 Å². The quantitative estimate of drug-likeness (QED) is 0.129. The Balaban J connectivity index is 0.000000139. The summed E-state index contributed by atoms with van der Waals surface area (Å²) >= 11 is 0. The molecule has 0 aliphatic rings. The van der Waals surface area contributed by atoms with Crippen LogP contribution in [0.1, 0.15) is 0 Å². The van der Waals surface area contributed by atoms with E-state index >= 15 is 0 Å². The lowest BCUT2D eigenvalue weighted by Gasteiger charge is -2.16. The minimum Gasteiger partial charge on any atom is -0.309 e. The molecule has 6 nitrogen and oxygen atoms in total. The van der Waals surface area contributed by atoms with Crippen molar-refractivity contribution in [2.75, 3.05) is 0 Å². The molecule has 6 heteroatoms. The summed E-state index contributed by atoms with van der Waals surface area (Å²) in [6.45, 7) is 0. The van der Waals surface area contributed by atoms with E-state index in [0.29, 0.717) is 0 Å². The lowest BCUT2D eigenvalue weighted by Crippen LogP contribution is -1.98. The van der Waals surface area contributed by atoms with Gasteiger partial charge >= 0.3 is 0 Å². The van der Waals surface area contributed by atoms with E-state index in [1.807, 2.05) is 24.3 Å². The Bertz CT molecular complexity index is 9000. The fourth-order valence-electron chi connectivity index (χ4n) is 20.2. The Kier molecular flexibility index (Phi) is 17.5. The molecule has 26 rings (SSSR count). The predicted molar refractivity (Wildman–Crippen MR) is 539 cm³/mol. The van der Waals surface area contributed by atoms with Gasteiger partial charge in [0, 0.05) is 55.2 Å². The molecule has 0 aliphatic carbocycles. The summed E-state index contributed by atoms with van der Waals surface area (Å²) in [5, 5.41) is 22.1. The number of benzene rings is 22. The first kappa shape index (κ1) is 73.6. The minimum atomic E-state index is 0.859. The highest BCUT2D eigenvalue weighted by Crippen LogP contribution is 2.49. The molecule has 0 N–H and O–H groups in total. The third-order valence-electron chi connectivity index (χ3n) is 26.1. The van der Waals surface area contributed by atoms with Crippen LogP contribution in [0.25, 0.3) is 253 Å². The molecule has 0 aliphatic heterocycles. The van der Waals surface area contributed by atoms with Crippen LogP contribution in [-0.4, -0.2) is 29.1 Å². The molecule has 0 fully saturated rings. The highest BCUT2D eigenvalue weighted by Gasteiger charge is 2.26. The zero-order valence-corrected chi connectivity index (χ0v) is 69.6. The average molecular weight is 1630 g/mol. The fraction of sp³-hybridized carbons (Fsp3) is 0. The lowest BCUT2D eigenvalue weighted by atomic mass is 9.91. The first-order chi connectivity index (χ1) is 63.5. The SMILES string of the molecule is c1ccc(-c2ccc(-c3cccc(-c4nc5ccccc5nc4-c4cccc5cc(-n6c7ccc8ccccc8c7c7c8ccccc8c(-c8ccccc8)cc76)ccc45)c3)cc2)cc1.c1ccc(-c2cccc(-c3nc4ccccc4nc3-c3cccc4cc(-n5c6ccc7ccccc7c6c6c7ccccc7c(-c7cccc8ccccc78)cc65)ccc34)c2)cc1. The van der Waals surface area contributed by atoms with Crippen molar-refractivity contribution in [2.24, 2.45) is 0 Å². The molecule has 0 atom stereocenters. The van der Waals surface area contributed by atoms with Gasteiger partial charge in [-0.1, -0.05) is 376 Å². The summed E-state index contributed by atoms with van der Waals surface area (Å²) in [5.41, 5.74) is 29.9. The number of hydrogen-bond acceptors (Lipinski definition) is 4. The van der Waals surface area contributed by atoms with E-state index < -0.39 is 0 Å². The van der Waals surface area contributed by atoms with Gasteiger partial charge in [-0.05, 0) is 216 Å². The smallest absolute Gasteiger partial charge is 0.0979 e. The first-order valence-corrected chi connectivity index (χ1v) is 43.8. The zero-order chi connectivity index (χ0) is 84.3. The second kappa shape index (κ2) is 30.5. The van der Waals surface area contributed by atoms with Gasteiger partial charge in [0.25, 0.3) is 0 Å². The number of para-hydroxylation sites is 4. The van der Waals surface area contributed by atoms with Crippen molar-refractivity contribution in [3.8, 4) is 112 Å². The van der Waals surface area contributed by atoms with Gasteiger partial charge in [-0.15, -0.1) is 0 Å². The molecular formula is C122H76N6. The third-order valence-corrected chi connectivity index (χ3v) is 26.1. The summed E-state index contributed by atoms with van der Waals surface area (Å²) in [6, 6.07) is 166. The van der Waals surface area contributed by atoms with E-state index in [0.717, 1.165) is 117 Å².